The SMILES string of the molecule is C=C(C)C(=O)NCc1ccc(OC(=O)CCC2CCCC2)cc1. The molecule has 1 amide bonds. The predicted octanol–water partition coefficient (Wildman–Crippen LogP) is 3.75. The van der Waals surface area contributed by atoms with Gasteiger partial charge in [-0.25, -0.2) is 0 Å². The maximum atomic E-state index is 11.9. The fourth-order valence-corrected chi connectivity index (χ4v) is 2.81. The number of amides is 1. The topological polar surface area (TPSA) is 55.4 Å². The Morgan fingerprint density at radius 3 is 2.48 bits per heavy atom. The van der Waals surface area contributed by atoms with Crippen molar-refractivity contribution in [1.82, 2.24) is 5.32 Å². The molecule has 0 aliphatic heterocycles. The molecule has 0 aromatic heterocycles. The summed E-state index contributed by atoms with van der Waals surface area (Å²) in [6.07, 6.45) is 6.51. The van der Waals surface area contributed by atoms with Crippen molar-refractivity contribution in [2.24, 2.45) is 5.92 Å². The van der Waals surface area contributed by atoms with Crippen molar-refractivity contribution in [2.75, 3.05) is 0 Å². The molecule has 0 heterocycles. The highest BCUT2D eigenvalue weighted by Gasteiger charge is 2.16. The molecule has 0 radical (unpaired) electrons. The minimum Gasteiger partial charge on any atom is -0.427 e. The summed E-state index contributed by atoms with van der Waals surface area (Å²) in [6.45, 7) is 5.69. The highest BCUT2D eigenvalue weighted by molar-refractivity contribution is 5.92. The van der Waals surface area contributed by atoms with Gasteiger partial charge in [0.1, 0.15) is 5.75 Å². The smallest absolute Gasteiger partial charge is 0.311 e. The van der Waals surface area contributed by atoms with Crippen LogP contribution in [0.3, 0.4) is 0 Å². The van der Waals surface area contributed by atoms with Crippen molar-refractivity contribution >= 4 is 11.9 Å². The summed E-state index contributed by atoms with van der Waals surface area (Å²) >= 11 is 0. The summed E-state index contributed by atoms with van der Waals surface area (Å²) in [5, 5.41) is 2.76. The van der Waals surface area contributed by atoms with Gasteiger partial charge in [0, 0.05) is 18.5 Å². The molecular formula is C19H25NO3. The van der Waals surface area contributed by atoms with Gasteiger partial charge in [-0.2, -0.15) is 0 Å². The van der Waals surface area contributed by atoms with E-state index in [1.807, 2.05) is 12.1 Å². The molecular weight excluding hydrogens is 290 g/mol. The molecule has 1 aromatic rings. The van der Waals surface area contributed by atoms with E-state index < -0.39 is 0 Å². The second-order valence-corrected chi connectivity index (χ2v) is 6.27. The van der Waals surface area contributed by atoms with Crippen LogP contribution in [0, 0.1) is 5.92 Å². The molecule has 0 unspecified atom stereocenters. The molecule has 2 rings (SSSR count). The van der Waals surface area contributed by atoms with E-state index in [-0.39, 0.29) is 11.9 Å². The van der Waals surface area contributed by atoms with Crippen LogP contribution in [-0.2, 0) is 16.1 Å². The molecule has 1 saturated carbocycles. The Kier molecular flexibility index (Phi) is 6.39. The number of carbonyl (C=O) groups excluding carboxylic acids is 2. The second-order valence-electron chi connectivity index (χ2n) is 6.27. The van der Waals surface area contributed by atoms with Gasteiger partial charge in [-0.3, -0.25) is 9.59 Å². The van der Waals surface area contributed by atoms with Crippen LogP contribution >= 0.6 is 0 Å². The Hall–Kier alpha value is -2.10. The van der Waals surface area contributed by atoms with Crippen molar-refractivity contribution in [3.63, 3.8) is 0 Å². The van der Waals surface area contributed by atoms with E-state index in [4.69, 9.17) is 4.74 Å². The van der Waals surface area contributed by atoms with Crippen LogP contribution in [0.4, 0.5) is 0 Å². The number of hydrogen-bond acceptors (Lipinski definition) is 3. The number of hydrogen-bond donors (Lipinski definition) is 1. The number of nitrogens with one attached hydrogen (secondary N) is 1. The molecule has 1 aliphatic carbocycles. The number of esters is 1. The van der Waals surface area contributed by atoms with Gasteiger partial charge in [0.05, 0.1) is 0 Å². The first-order valence-corrected chi connectivity index (χ1v) is 8.28. The van der Waals surface area contributed by atoms with E-state index >= 15 is 0 Å². The summed E-state index contributed by atoms with van der Waals surface area (Å²) < 4.78 is 5.35. The molecule has 124 valence electrons. The quantitative estimate of drug-likeness (QED) is 0.473. The Labute approximate surface area is 137 Å². The molecule has 0 saturated heterocycles. The Bertz CT molecular complexity index is 556. The van der Waals surface area contributed by atoms with Crippen molar-refractivity contribution in [3.05, 3.63) is 42.0 Å². The van der Waals surface area contributed by atoms with Crippen molar-refractivity contribution in [1.29, 1.82) is 0 Å². The average molecular weight is 315 g/mol. The third kappa shape index (κ3) is 5.89. The van der Waals surface area contributed by atoms with E-state index in [2.05, 4.69) is 11.9 Å². The second kappa shape index (κ2) is 8.51. The normalized spacial score (nSPS) is 14.5. The van der Waals surface area contributed by atoms with Crippen LogP contribution in [0.5, 0.6) is 5.75 Å². The van der Waals surface area contributed by atoms with Crippen molar-refractivity contribution < 1.29 is 14.3 Å². The molecule has 1 N–H and O–H groups in total. The summed E-state index contributed by atoms with van der Waals surface area (Å²) in [4.78, 5) is 23.3. The number of ether oxygens (including phenoxy) is 1. The minimum absolute atomic E-state index is 0.160. The van der Waals surface area contributed by atoms with E-state index in [1.54, 1.807) is 19.1 Å². The lowest BCUT2D eigenvalue weighted by molar-refractivity contribution is -0.134. The zero-order valence-corrected chi connectivity index (χ0v) is 13.8. The first kappa shape index (κ1) is 17.3. The van der Waals surface area contributed by atoms with Crippen LogP contribution in [0.2, 0.25) is 0 Å². The monoisotopic (exact) mass is 315 g/mol. The summed E-state index contributed by atoms with van der Waals surface area (Å²) in [5.74, 6) is 0.922. The van der Waals surface area contributed by atoms with E-state index in [1.165, 1.54) is 25.7 Å². The molecule has 0 bridgehead atoms. The minimum atomic E-state index is -0.166. The molecule has 1 fully saturated rings. The fraction of sp³-hybridized carbons (Fsp3) is 0.474. The Morgan fingerprint density at radius 2 is 1.87 bits per heavy atom. The standard InChI is InChI=1S/C19H25NO3/c1-14(2)19(22)20-13-16-7-10-17(11-8-16)23-18(21)12-9-15-5-3-4-6-15/h7-8,10-11,15H,1,3-6,9,12-13H2,2H3,(H,20,22). The molecule has 1 aromatic carbocycles. The Morgan fingerprint density at radius 1 is 1.22 bits per heavy atom. The lowest BCUT2D eigenvalue weighted by Gasteiger charge is -2.09. The molecule has 0 spiro atoms. The summed E-state index contributed by atoms with van der Waals surface area (Å²) in [5.41, 5.74) is 1.43. The van der Waals surface area contributed by atoms with Crippen molar-refractivity contribution in [3.8, 4) is 5.75 Å². The van der Waals surface area contributed by atoms with Crippen LogP contribution < -0.4 is 10.1 Å². The third-order valence-corrected chi connectivity index (χ3v) is 4.23. The lowest BCUT2D eigenvalue weighted by atomic mass is 10.0. The van der Waals surface area contributed by atoms with Crippen LogP contribution in [0.25, 0.3) is 0 Å². The molecule has 0 atom stereocenters. The molecule has 4 heteroatoms. The maximum absolute atomic E-state index is 11.9. The highest BCUT2D eigenvalue weighted by Crippen LogP contribution is 2.28. The number of carbonyl (C=O) groups is 2. The maximum Gasteiger partial charge on any atom is 0.311 e. The van der Waals surface area contributed by atoms with Gasteiger partial charge in [-0.15, -0.1) is 0 Å². The third-order valence-electron chi connectivity index (χ3n) is 4.23. The predicted molar refractivity (Wildman–Crippen MR) is 89.9 cm³/mol. The van der Waals surface area contributed by atoms with Crippen molar-refractivity contribution in [2.45, 2.75) is 52.0 Å². The largest absolute Gasteiger partial charge is 0.427 e. The zero-order chi connectivity index (χ0) is 16.7. The highest BCUT2D eigenvalue weighted by atomic mass is 16.5. The molecule has 1 aliphatic rings. The van der Waals surface area contributed by atoms with Gasteiger partial charge in [0.15, 0.2) is 0 Å². The fourth-order valence-electron chi connectivity index (χ4n) is 2.81. The van der Waals surface area contributed by atoms with Gasteiger partial charge in [-0.1, -0.05) is 44.4 Å². The molecule has 23 heavy (non-hydrogen) atoms. The van der Waals surface area contributed by atoms with Gasteiger partial charge >= 0.3 is 5.97 Å². The molecule has 4 nitrogen and oxygen atoms in total. The van der Waals surface area contributed by atoms with Gasteiger partial charge < -0.3 is 10.1 Å². The summed E-state index contributed by atoms with van der Waals surface area (Å²) in [7, 11) is 0. The van der Waals surface area contributed by atoms with Crippen LogP contribution in [-0.4, -0.2) is 11.9 Å². The number of rotatable bonds is 7. The van der Waals surface area contributed by atoms with E-state index in [9.17, 15) is 9.59 Å². The van der Waals surface area contributed by atoms with E-state index in [0.29, 0.717) is 30.2 Å². The van der Waals surface area contributed by atoms with Crippen LogP contribution in [0.1, 0.15) is 51.0 Å². The van der Waals surface area contributed by atoms with Crippen LogP contribution in [0.15, 0.2) is 36.4 Å². The van der Waals surface area contributed by atoms with E-state index in [0.717, 1.165) is 12.0 Å². The van der Waals surface area contributed by atoms with Gasteiger partial charge in [-0.05, 0) is 37.0 Å². The average Bonchev–Trinajstić information content (AvgIpc) is 3.05. The Balaban J connectivity index is 1.74. The first-order chi connectivity index (χ1) is 11.0. The first-order valence-electron chi connectivity index (χ1n) is 8.28. The van der Waals surface area contributed by atoms with Gasteiger partial charge in [0.2, 0.25) is 5.91 Å². The van der Waals surface area contributed by atoms with Gasteiger partial charge in [0.25, 0.3) is 0 Å². The number of benzene rings is 1. The lowest BCUT2D eigenvalue weighted by Crippen LogP contribution is -2.22. The summed E-state index contributed by atoms with van der Waals surface area (Å²) in [6, 6.07) is 7.21. The zero-order valence-electron chi connectivity index (χ0n) is 13.8.